The number of carbonyl (C=O) groups is 3. The van der Waals surface area contributed by atoms with Gasteiger partial charge < -0.3 is 25.1 Å². The van der Waals surface area contributed by atoms with Crippen LogP contribution in [-0.4, -0.2) is 41.5 Å². The average Bonchev–Trinajstić information content (AvgIpc) is 3.06. The highest BCUT2D eigenvalue weighted by Crippen LogP contribution is 2.29. The summed E-state index contributed by atoms with van der Waals surface area (Å²) in [7, 11) is 1.29. The maximum absolute atomic E-state index is 12.6. The Bertz CT molecular complexity index is 1280. The highest BCUT2D eigenvalue weighted by atomic mass is 32.1. The zero-order chi connectivity index (χ0) is 22.1. The number of fused-ring (bicyclic) bond motifs is 2. The van der Waals surface area contributed by atoms with Crippen LogP contribution in [0, 0.1) is 6.92 Å². The molecular weight excluding hydrogens is 424 g/mol. The van der Waals surface area contributed by atoms with Gasteiger partial charge in [-0.3, -0.25) is 19.2 Å². The minimum atomic E-state index is -0.558. The van der Waals surface area contributed by atoms with Gasteiger partial charge in [-0.1, -0.05) is 6.07 Å². The Morgan fingerprint density at radius 2 is 2.13 bits per heavy atom. The molecule has 0 saturated carbocycles. The number of methoxy groups -OCH3 is 1. The molecule has 1 aliphatic rings. The number of benzene rings is 1. The van der Waals surface area contributed by atoms with Gasteiger partial charge in [0.2, 0.25) is 5.82 Å². The standard InChI is InChI=1S/C20H18N4O6S/c1-9-13(6-15(26)29-2)31-20-16(9)18(27)23-17(24-20)19(28)21-7-10-3-4-12-11(5-10)22-14(25)8-30-12/h3-5H,6-8H2,1-2H3,(H,21,28)(H,22,25)(H,23,24,27). The number of anilines is 1. The van der Waals surface area contributed by atoms with Crippen LogP contribution < -0.4 is 20.9 Å². The van der Waals surface area contributed by atoms with Crippen molar-refractivity contribution in [3.8, 4) is 5.75 Å². The third-order valence-electron chi connectivity index (χ3n) is 4.78. The number of esters is 1. The third kappa shape index (κ3) is 4.12. The number of amides is 2. The van der Waals surface area contributed by atoms with E-state index in [4.69, 9.17) is 4.74 Å². The quantitative estimate of drug-likeness (QED) is 0.506. The van der Waals surface area contributed by atoms with E-state index in [1.165, 1.54) is 18.4 Å². The van der Waals surface area contributed by atoms with Crippen molar-refractivity contribution >= 4 is 45.0 Å². The molecule has 4 rings (SSSR count). The Morgan fingerprint density at radius 1 is 1.32 bits per heavy atom. The lowest BCUT2D eigenvalue weighted by atomic mass is 10.1. The first-order valence-electron chi connectivity index (χ1n) is 9.28. The maximum atomic E-state index is 12.6. The number of hydrogen-bond donors (Lipinski definition) is 3. The Balaban J connectivity index is 1.53. The van der Waals surface area contributed by atoms with Gasteiger partial charge in [0.15, 0.2) is 6.61 Å². The minimum absolute atomic E-state index is 0.0307. The van der Waals surface area contributed by atoms with Gasteiger partial charge in [0.05, 0.1) is 24.6 Å². The summed E-state index contributed by atoms with van der Waals surface area (Å²) in [5.41, 5.74) is 1.45. The van der Waals surface area contributed by atoms with E-state index >= 15 is 0 Å². The summed E-state index contributed by atoms with van der Waals surface area (Å²) in [6.07, 6.45) is 0.0307. The summed E-state index contributed by atoms with van der Waals surface area (Å²) in [4.78, 5) is 55.9. The molecular formula is C20H18N4O6S. The Labute approximate surface area is 179 Å². The molecule has 1 aliphatic heterocycles. The minimum Gasteiger partial charge on any atom is -0.482 e. The van der Waals surface area contributed by atoms with Crippen LogP contribution in [0.15, 0.2) is 23.0 Å². The number of aromatic amines is 1. The SMILES string of the molecule is COC(=O)Cc1sc2nc(C(=O)NCc3ccc4c(c3)NC(=O)CO4)[nH]c(=O)c2c1C. The summed E-state index contributed by atoms with van der Waals surface area (Å²) in [6, 6.07) is 5.17. The number of rotatable bonds is 5. The van der Waals surface area contributed by atoms with Crippen LogP contribution in [0.1, 0.15) is 26.6 Å². The third-order valence-corrected chi connectivity index (χ3v) is 5.96. The molecule has 2 aromatic heterocycles. The predicted molar refractivity (Wildman–Crippen MR) is 112 cm³/mol. The monoisotopic (exact) mass is 442 g/mol. The van der Waals surface area contributed by atoms with E-state index in [1.54, 1.807) is 25.1 Å². The fourth-order valence-electron chi connectivity index (χ4n) is 3.18. The van der Waals surface area contributed by atoms with E-state index in [0.717, 1.165) is 5.56 Å². The molecule has 0 saturated heterocycles. The Morgan fingerprint density at radius 3 is 2.90 bits per heavy atom. The van der Waals surface area contributed by atoms with Gasteiger partial charge in [0.25, 0.3) is 17.4 Å². The number of H-pyrrole nitrogens is 1. The van der Waals surface area contributed by atoms with Crippen LogP contribution in [0.4, 0.5) is 5.69 Å². The van der Waals surface area contributed by atoms with Crippen molar-refractivity contribution < 1.29 is 23.9 Å². The lowest BCUT2D eigenvalue weighted by Crippen LogP contribution is -2.28. The number of ether oxygens (including phenoxy) is 2. The molecule has 3 aromatic rings. The second-order valence-electron chi connectivity index (χ2n) is 6.85. The van der Waals surface area contributed by atoms with E-state index in [-0.39, 0.29) is 31.3 Å². The van der Waals surface area contributed by atoms with Crippen LogP contribution in [0.25, 0.3) is 10.2 Å². The van der Waals surface area contributed by atoms with Crippen LogP contribution in [-0.2, 0) is 27.3 Å². The van der Waals surface area contributed by atoms with E-state index in [0.29, 0.717) is 32.1 Å². The van der Waals surface area contributed by atoms with E-state index < -0.39 is 17.4 Å². The molecule has 0 aliphatic carbocycles. The van der Waals surface area contributed by atoms with Gasteiger partial charge in [0.1, 0.15) is 10.6 Å². The molecule has 31 heavy (non-hydrogen) atoms. The average molecular weight is 442 g/mol. The molecule has 11 heteroatoms. The predicted octanol–water partition coefficient (Wildman–Crippen LogP) is 1.27. The summed E-state index contributed by atoms with van der Waals surface area (Å²) in [6.45, 7) is 1.85. The first-order chi connectivity index (χ1) is 14.9. The van der Waals surface area contributed by atoms with Crippen LogP contribution in [0.2, 0.25) is 0 Å². The van der Waals surface area contributed by atoms with Crippen LogP contribution >= 0.6 is 11.3 Å². The van der Waals surface area contributed by atoms with Gasteiger partial charge in [-0.05, 0) is 30.2 Å². The highest BCUT2D eigenvalue weighted by molar-refractivity contribution is 7.18. The largest absolute Gasteiger partial charge is 0.482 e. The van der Waals surface area contributed by atoms with E-state index in [2.05, 4.69) is 25.3 Å². The normalized spacial score (nSPS) is 12.6. The van der Waals surface area contributed by atoms with Crippen molar-refractivity contribution in [1.29, 1.82) is 0 Å². The van der Waals surface area contributed by atoms with Crippen molar-refractivity contribution in [3.63, 3.8) is 0 Å². The molecule has 0 bridgehead atoms. The van der Waals surface area contributed by atoms with Gasteiger partial charge in [0, 0.05) is 11.4 Å². The number of aromatic nitrogens is 2. The van der Waals surface area contributed by atoms with Gasteiger partial charge >= 0.3 is 5.97 Å². The molecule has 2 amide bonds. The zero-order valence-corrected chi connectivity index (χ0v) is 17.5. The summed E-state index contributed by atoms with van der Waals surface area (Å²) in [5.74, 6) is -0.797. The second kappa shape index (κ2) is 8.19. The molecule has 0 unspecified atom stereocenters. The van der Waals surface area contributed by atoms with Crippen molar-refractivity contribution in [1.82, 2.24) is 15.3 Å². The number of hydrogen-bond acceptors (Lipinski definition) is 8. The Kier molecular flexibility index (Phi) is 5.42. The molecule has 10 nitrogen and oxygen atoms in total. The highest BCUT2D eigenvalue weighted by Gasteiger charge is 2.20. The zero-order valence-electron chi connectivity index (χ0n) is 16.7. The van der Waals surface area contributed by atoms with Gasteiger partial charge in [-0.2, -0.15) is 0 Å². The molecule has 3 N–H and O–H groups in total. The van der Waals surface area contributed by atoms with Gasteiger partial charge in [-0.15, -0.1) is 11.3 Å². The molecule has 3 heterocycles. The van der Waals surface area contributed by atoms with Crippen molar-refractivity contribution in [2.45, 2.75) is 19.9 Å². The first-order valence-corrected chi connectivity index (χ1v) is 10.1. The van der Waals surface area contributed by atoms with Crippen LogP contribution in [0.3, 0.4) is 0 Å². The Hall–Kier alpha value is -3.73. The molecule has 0 fully saturated rings. The molecule has 0 atom stereocenters. The smallest absolute Gasteiger partial charge is 0.310 e. The van der Waals surface area contributed by atoms with Crippen molar-refractivity contribution in [2.75, 3.05) is 19.0 Å². The summed E-state index contributed by atoms with van der Waals surface area (Å²) in [5, 5.41) is 5.75. The van der Waals surface area contributed by atoms with Crippen molar-refractivity contribution in [3.05, 3.63) is 50.4 Å². The van der Waals surface area contributed by atoms with E-state index in [1.807, 2.05) is 0 Å². The summed E-state index contributed by atoms with van der Waals surface area (Å²) >= 11 is 1.18. The molecule has 0 spiro atoms. The number of nitrogens with zero attached hydrogens (tertiary/aromatic N) is 1. The first kappa shape index (κ1) is 20.5. The lowest BCUT2D eigenvalue weighted by Gasteiger charge is -2.18. The lowest BCUT2D eigenvalue weighted by molar-refractivity contribution is -0.139. The number of nitrogens with one attached hydrogen (secondary N) is 3. The fraction of sp³-hybridized carbons (Fsp3) is 0.250. The topological polar surface area (TPSA) is 139 Å². The summed E-state index contributed by atoms with van der Waals surface area (Å²) < 4.78 is 9.98. The van der Waals surface area contributed by atoms with E-state index in [9.17, 15) is 19.2 Å². The number of thiophene rings is 1. The molecule has 160 valence electrons. The fourth-order valence-corrected chi connectivity index (χ4v) is 4.34. The maximum Gasteiger partial charge on any atom is 0.310 e. The molecule has 0 radical (unpaired) electrons. The van der Waals surface area contributed by atoms with Crippen molar-refractivity contribution in [2.24, 2.45) is 0 Å². The second-order valence-corrected chi connectivity index (χ2v) is 7.93. The molecule has 1 aromatic carbocycles. The number of aryl methyl sites for hydroxylation is 1. The van der Waals surface area contributed by atoms with Crippen LogP contribution in [0.5, 0.6) is 5.75 Å². The number of carbonyl (C=O) groups excluding carboxylic acids is 3. The van der Waals surface area contributed by atoms with Gasteiger partial charge in [-0.25, -0.2) is 4.98 Å².